The van der Waals surface area contributed by atoms with Gasteiger partial charge in [0.05, 0.1) is 22.3 Å². The number of nitrogens with zero attached hydrogens (tertiary/aromatic N) is 1. The summed E-state index contributed by atoms with van der Waals surface area (Å²) in [6.07, 6.45) is 2.14. The van der Waals surface area contributed by atoms with Crippen molar-refractivity contribution in [2.24, 2.45) is 5.92 Å². The first kappa shape index (κ1) is 26.7. The van der Waals surface area contributed by atoms with E-state index >= 15 is 0 Å². The third kappa shape index (κ3) is 6.81. The molecule has 0 aliphatic rings. The number of halogens is 3. The number of thiazole rings is 1. The molecule has 35 heavy (non-hydrogen) atoms. The van der Waals surface area contributed by atoms with E-state index in [-0.39, 0.29) is 37.6 Å². The van der Waals surface area contributed by atoms with E-state index in [4.69, 9.17) is 33.0 Å². The van der Waals surface area contributed by atoms with Gasteiger partial charge in [-0.3, -0.25) is 10.1 Å². The Hall–Kier alpha value is -2.94. The minimum absolute atomic E-state index is 0.0444. The minimum atomic E-state index is -1.11. The molecule has 0 aliphatic heterocycles. The van der Waals surface area contributed by atoms with Gasteiger partial charge in [-0.05, 0) is 49.6 Å². The Morgan fingerprint density at radius 3 is 2.57 bits per heavy atom. The van der Waals surface area contributed by atoms with Crippen molar-refractivity contribution in [3.8, 4) is 17.0 Å². The van der Waals surface area contributed by atoms with Crippen molar-refractivity contribution < 1.29 is 23.8 Å². The van der Waals surface area contributed by atoms with E-state index in [0.29, 0.717) is 23.8 Å². The Labute approximate surface area is 216 Å². The van der Waals surface area contributed by atoms with Crippen LogP contribution in [-0.4, -0.2) is 28.6 Å². The summed E-state index contributed by atoms with van der Waals surface area (Å²) in [7, 11) is 0. The van der Waals surface area contributed by atoms with Crippen LogP contribution < -0.4 is 10.1 Å². The van der Waals surface area contributed by atoms with Crippen LogP contribution in [-0.2, 0) is 4.79 Å². The summed E-state index contributed by atoms with van der Waals surface area (Å²) >= 11 is 13.6. The van der Waals surface area contributed by atoms with Crippen molar-refractivity contribution in [2.45, 2.75) is 27.2 Å². The molecular formula is C25H23Cl2FN2O4S. The lowest BCUT2D eigenvalue weighted by Crippen LogP contribution is -2.12. The van der Waals surface area contributed by atoms with E-state index in [1.54, 1.807) is 23.6 Å². The zero-order valence-electron chi connectivity index (χ0n) is 19.2. The maximum absolute atomic E-state index is 15.0. The molecule has 3 rings (SSSR count). The number of carboxylic acids is 1. The van der Waals surface area contributed by atoms with Crippen LogP contribution in [0.15, 0.2) is 41.3 Å². The van der Waals surface area contributed by atoms with Crippen LogP contribution in [0.3, 0.4) is 0 Å². The highest BCUT2D eigenvalue weighted by Crippen LogP contribution is 2.33. The molecule has 184 valence electrons. The van der Waals surface area contributed by atoms with Crippen molar-refractivity contribution in [1.29, 1.82) is 0 Å². The summed E-state index contributed by atoms with van der Waals surface area (Å²) in [4.78, 5) is 28.1. The van der Waals surface area contributed by atoms with Gasteiger partial charge in [0.15, 0.2) is 16.7 Å². The van der Waals surface area contributed by atoms with Crippen molar-refractivity contribution in [3.63, 3.8) is 0 Å². The van der Waals surface area contributed by atoms with Crippen molar-refractivity contribution in [2.75, 3.05) is 11.9 Å². The van der Waals surface area contributed by atoms with Crippen molar-refractivity contribution in [1.82, 2.24) is 4.98 Å². The molecule has 0 radical (unpaired) electrons. The first-order valence-corrected chi connectivity index (χ1v) is 12.3. The van der Waals surface area contributed by atoms with Gasteiger partial charge < -0.3 is 9.84 Å². The summed E-state index contributed by atoms with van der Waals surface area (Å²) in [6, 6.07) is 7.62. The van der Waals surface area contributed by atoms with E-state index < -0.39 is 17.7 Å². The number of aromatic nitrogens is 1. The molecular weight excluding hydrogens is 514 g/mol. The summed E-state index contributed by atoms with van der Waals surface area (Å²) in [5.74, 6) is -1.55. The molecule has 0 bridgehead atoms. The molecule has 2 N–H and O–H groups in total. The van der Waals surface area contributed by atoms with Gasteiger partial charge in [-0.2, -0.15) is 0 Å². The lowest BCUT2D eigenvalue weighted by Gasteiger charge is -2.10. The Kier molecular flexibility index (Phi) is 8.88. The van der Waals surface area contributed by atoms with Gasteiger partial charge in [-0.15, -0.1) is 11.3 Å². The molecule has 1 heterocycles. The number of carbonyl (C=O) groups excluding carboxylic acids is 1. The summed E-state index contributed by atoms with van der Waals surface area (Å²) in [6.45, 7) is 5.95. The van der Waals surface area contributed by atoms with Crippen LogP contribution in [0.1, 0.15) is 43.1 Å². The number of benzene rings is 2. The molecule has 2 aromatic carbocycles. The fourth-order valence-corrected chi connectivity index (χ4v) is 4.28. The maximum atomic E-state index is 15.0. The van der Waals surface area contributed by atoms with Gasteiger partial charge in [0, 0.05) is 27.6 Å². The number of rotatable bonds is 9. The van der Waals surface area contributed by atoms with E-state index in [9.17, 15) is 14.0 Å². The van der Waals surface area contributed by atoms with Crippen LogP contribution in [0, 0.1) is 11.7 Å². The van der Waals surface area contributed by atoms with Gasteiger partial charge >= 0.3 is 5.97 Å². The summed E-state index contributed by atoms with van der Waals surface area (Å²) in [5.41, 5.74) is 1.13. The number of carbonyl (C=O) groups is 2. The molecule has 0 saturated carbocycles. The van der Waals surface area contributed by atoms with Crippen LogP contribution in [0.2, 0.25) is 10.0 Å². The Morgan fingerprint density at radius 1 is 1.26 bits per heavy atom. The van der Waals surface area contributed by atoms with Crippen LogP contribution in [0.5, 0.6) is 5.75 Å². The molecule has 1 amide bonds. The largest absolute Gasteiger partial charge is 0.490 e. The molecule has 0 unspecified atom stereocenters. The van der Waals surface area contributed by atoms with Crippen LogP contribution >= 0.6 is 34.5 Å². The number of nitrogens with one attached hydrogen (secondary N) is 1. The predicted octanol–water partition coefficient (Wildman–Crippen LogP) is 7.42. The second-order valence-electron chi connectivity index (χ2n) is 8.13. The molecule has 1 aromatic heterocycles. The number of hydrogen-bond acceptors (Lipinski definition) is 5. The maximum Gasteiger partial charge on any atom is 0.331 e. The SMILES string of the molecule is C/C(=C\c1c(Cl)cc(C(=O)Nc2nc(-c3cccc(OCCC(C)C)c3F)cs2)cc1Cl)C(=O)O. The number of ether oxygens (including phenoxy) is 1. The van der Waals surface area contributed by atoms with E-state index in [2.05, 4.69) is 24.1 Å². The van der Waals surface area contributed by atoms with Gasteiger partial charge in [0.1, 0.15) is 0 Å². The predicted molar refractivity (Wildman–Crippen MR) is 138 cm³/mol. The first-order chi connectivity index (χ1) is 16.6. The average Bonchev–Trinajstić information content (AvgIpc) is 3.24. The molecule has 0 atom stereocenters. The fourth-order valence-electron chi connectivity index (χ4n) is 2.98. The Bertz CT molecular complexity index is 1270. The number of carboxylic acid groups (broad SMARTS) is 1. The van der Waals surface area contributed by atoms with Gasteiger partial charge in [-0.25, -0.2) is 14.2 Å². The molecule has 3 aromatic rings. The van der Waals surface area contributed by atoms with Crippen molar-refractivity contribution >= 4 is 57.6 Å². The summed E-state index contributed by atoms with van der Waals surface area (Å²) in [5, 5.41) is 13.8. The van der Waals surface area contributed by atoms with E-state index in [0.717, 1.165) is 17.8 Å². The lowest BCUT2D eigenvalue weighted by molar-refractivity contribution is -0.132. The highest BCUT2D eigenvalue weighted by atomic mass is 35.5. The standard InChI is InChI=1S/C25H23Cl2FN2O4S/c1-13(2)7-8-34-21-6-4-5-16(22(21)28)20-12-35-25(29-20)30-23(31)15-10-18(26)17(19(27)11-15)9-14(3)24(32)33/h4-6,9-13H,7-8H2,1-3H3,(H,32,33)(H,29,30,31)/b14-9+. The third-order valence-corrected chi connectivity index (χ3v) is 6.34. The Balaban J connectivity index is 1.77. The Morgan fingerprint density at radius 2 is 1.94 bits per heavy atom. The highest BCUT2D eigenvalue weighted by molar-refractivity contribution is 7.14. The van der Waals surface area contributed by atoms with Gasteiger partial charge in [-0.1, -0.05) is 43.1 Å². The zero-order chi connectivity index (χ0) is 25.7. The van der Waals surface area contributed by atoms with Gasteiger partial charge in [0.2, 0.25) is 0 Å². The first-order valence-electron chi connectivity index (χ1n) is 10.7. The molecule has 6 nitrogen and oxygen atoms in total. The number of anilines is 1. The number of hydrogen-bond donors (Lipinski definition) is 2. The molecule has 0 fully saturated rings. The smallest absolute Gasteiger partial charge is 0.331 e. The van der Waals surface area contributed by atoms with Crippen LogP contribution in [0.25, 0.3) is 17.3 Å². The van der Waals surface area contributed by atoms with Crippen molar-refractivity contribution in [3.05, 3.63) is 68.3 Å². The highest BCUT2D eigenvalue weighted by Gasteiger charge is 2.17. The molecule has 0 saturated heterocycles. The fraction of sp³-hybridized carbons (Fsp3) is 0.240. The van der Waals surface area contributed by atoms with Gasteiger partial charge in [0.25, 0.3) is 5.91 Å². The summed E-state index contributed by atoms with van der Waals surface area (Å²) < 4.78 is 20.5. The normalized spacial score (nSPS) is 11.6. The lowest BCUT2D eigenvalue weighted by atomic mass is 10.1. The molecule has 0 aliphatic carbocycles. The van der Waals surface area contributed by atoms with E-state index in [1.807, 2.05) is 0 Å². The number of aliphatic carboxylic acids is 1. The molecule has 10 heteroatoms. The second-order valence-corrected chi connectivity index (χ2v) is 9.80. The second kappa shape index (κ2) is 11.7. The van der Waals surface area contributed by atoms with Crippen LogP contribution in [0.4, 0.5) is 9.52 Å². The minimum Gasteiger partial charge on any atom is -0.490 e. The topological polar surface area (TPSA) is 88.5 Å². The zero-order valence-corrected chi connectivity index (χ0v) is 21.5. The third-order valence-electron chi connectivity index (χ3n) is 4.96. The average molecular weight is 537 g/mol. The molecule has 0 spiro atoms. The monoisotopic (exact) mass is 536 g/mol. The quantitative estimate of drug-likeness (QED) is 0.277. The van der Waals surface area contributed by atoms with E-state index in [1.165, 1.54) is 25.1 Å². The number of amides is 1.